The van der Waals surface area contributed by atoms with E-state index in [4.69, 9.17) is 42.4 Å². The van der Waals surface area contributed by atoms with E-state index in [0.29, 0.717) is 58.4 Å². The van der Waals surface area contributed by atoms with E-state index in [0.717, 1.165) is 0 Å². The number of ether oxygens (including phenoxy) is 3. The van der Waals surface area contributed by atoms with E-state index < -0.39 is 13.3 Å². The number of methoxy groups -OCH3 is 2. The molecule has 1 aliphatic heterocycles. The highest BCUT2D eigenvalue weighted by Crippen LogP contribution is 2.46. The molecule has 1 fully saturated rings. The van der Waals surface area contributed by atoms with Gasteiger partial charge in [-0.05, 0) is 18.2 Å². The second kappa shape index (κ2) is 13.3. The lowest BCUT2D eigenvalue weighted by Crippen LogP contribution is -2.45. The Labute approximate surface area is 240 Å². The maximum atomic E-state index is 13.6. The summed E-state index contributed by atoms with van der Waals surface area (Å²) in [5.41, 5.74) is 0.686. The van der Waals surface area contributed by atoms with Crippen molar-refractivity contribution in [3.05, 3.63) is 47.1 Å². The molecule has 3 heterocycles. The number of anilines is 2. The molecule has 1 amide bonds. The van der Waals surface area contributed by atoms with Crippen LogP contribution in [0.15, 0.2) is 37.1 Å². The first-order valence-corrected chi connectivity index (χ1v) is 13.2. The van der Waals surface area contributed by atoms with E-state index >= 15 is 0 Å². The molecule has 3 aromatic rings. The molecule has 1 aliphatic rings. The van der Waals surface area contributed by atoms with E-state index in [-0.39, 0.29) is 41.1 Å². The van der Waals surface area contributed by atoms with Gasteiger partial charge in [0.15, 0.2) is 0 Å². The molecule has 0 radical (unpaired) electrons. The fourth-order valence-corrected chi connectivity index (χ4v) is 5.18. The van der Waals surface area contributed by atoms with Crippen molar-refractivity contribution < 1.29 is 27.8 Å². The van der Waals surface area contributed by atoms with Crippen molar-refractivity contribution in [3.63, 3.8) is 0 Å². The molecule has 0 saturated carbocycles. The van der Waals surface area contributed by atoms with Crippen molar-refractivity contribution in [2.45, 2.75) is 12.1 Å². The number of halogens is 4. The number of carbonyl (C=O) groups excluding carboxylic acids is 1. The lowest BCUT2D eigenvalue weighted by molar-refractivity contribution is -0.117. The van der Waals surface area contributed by atoms with Crippen LogP contribution in [0.2, 0.25) is 10.0 Å². The molecule has 0 spiro atoms. The zero-order valence-corrected chi connectivity index (χ0v) is 23.5. The Morgan fingerprint density at radius 3 is 2.38 bits per heavy atom. The number of pyridine rings is 2. The summed E-state index contributed by atoms with van der Waals surface area (Å²) < 4.78 is 43.5. The molecule has 9 nitrogen and oxygen atoms in total. The Balaban J connectivity index is 1.84. The molecule has 0 unspecified atom stereocenters. The minimum Gasteiger partial charge on any atom is -0.495 e. The lowest BCUT2D eigenvalue weighted by atomic mass is 10.1. The highest BCUT2D eigenvalue weighted by atomic mass is 35.5. The van der Waals surface area contributed by atoms with Crippen LogP contribution in [0, 0.1) is 0 Å². The highest BCUT2D eigenvalue weighted by molar-refractivity contribution is 6.41. The smallest absolute Gasteiger partial charge is 0.243 e. The van der Waals surface area contributed by atoms with Crippen LogP contribution in [-0.4, -0.2) is 81.8 Å². The summed E-state index contributed by atoms with van der Waals surface area (Å²) in [4.78, 5) is 22.7. The lowest BCUT2D eigenvalue weighted by Gasteiger charge is -2.25. The van der Waals surface area contributed by atoms with Gasteiger partial charge in [-0.15, -0.1) is 0 Å². The van der Waals surface area contributed by atoms with Crippen LogP contribution < -0.4 is 25.0 Å². The summed E-state index contributed by atoms with van der Waals surface area (Å²) in [6.07, 6.45) is 2.81. The largest absolute Gasteiger partial charge is 0.495 e. The summed E-state index contributed by atoms with van der Waals surface area (Å²) in [6.45, 7) is 2.53. The maximum absolute atomic E-state index is 13.6. The number of carbonyl (C=O) groups is 1. The van der Waals surface area contributed by atoms with Gasteiger partial charge in [-0.1, -0.05) is 29.8 Å². The van der Waals surface area contributed by atoms with Crippen LogP contribution in [-0.2, 0) is 9.53 Å². The third-order valence-corrected chi connectivity index (χ3v) is 7.21. The predicted octanol–water partition coefficient (Wildman–Crippen LogP) is 4.85. The van der Waals surface area contributed by atoms with E-state index in [1.54, 1.807) is 24.4 Å². The third kappa shape index (κ3) is 6.16. The van der Waals surface area contributed by atoms with Gasteiger partial charge in [0.25, 0.3) is 0 Å². The third-order valence-electron chi connectivity index (χ3n) is 6.46. The van der Waals surface area contributed by atoms with Crippen LogP contribution in [0.25, 0.3) is 22.0 Å². The second-order valence-corrected chi connectivity index (χ2v) is 9.63. The molecular formula is C27H29Cl2F2N5O4. The number of amides is 1. The molecule has 4 rings (SSSR count). The SMILES string of the molecule is C=CC(=O)N[C@H]1COC[C@H]1Nc1cc2c(N(CCF)CCF)nc(-c3c(Cl)c(OC)cc(OC)c3Cl)cc2cn1. The molecule has 1 saturated heterocycles. The van der Waals surface area contributed by atoms with Crippen molar-refractivity contribution >= 4 is 51.5 Å². The van der Waals surface area contributed by atoms with Crippen molar-refractivity contribution in [2.24, 2.45) is 0 Å². The Morgan fingerprint density at radius 2 is 1.77 bits per heavy atom. The second-order valence-electron chi connectivity index (χ2n) is 8.88. The molecule has 0 bridgehead atoms. The number of fused-ring (bicyclic) bond motifs is 1. The van der Waals surface area contributed by atoms with Gasteiger partial charge in [-0.2, -0.15) is 0 Å². The predicted molar refractivity (Wildman–Crippen MR) is 153 cm³/mol. The quantitative estimate of drug-likeness (QED) is 0.287. The molecule has 1 aromatic carbocycles. The molecule has 40 heavy (non-hydrogen) atoms. The van der Waals surface area contributed by atoms with Gasteiger partial charge in [-0.3, -0.25) is 4.79 Å². The minimum atomic E-state index is -0.720. The van der Waals surface area contributed by atoms with E-state index in [2.05, 4.69) is 22.2 Å². The average molecular weight is 596 g/mol. The van der Waals surface area contributed by atoms with Gasteiger partial charge in [0.2, 0.25) is 5.91 Å². The molecule has 2 aromatic heterocycles. The van der Waals surface area contributed by atoms with Crippen LogP contribution in [0.4, 0.5) is 20.4 Å². The number of aromatic nitrogens is 2. The van der Waals surface area contributed by atoms with E-state index in [1.165, 1.54) is 25.2 Å². The fourth-order valence-electron chi connectivity index (χ4n) is 4.49. The molecule has 214 valence electrons. The first kappa shape index (κ1) is 29.6. The van der Waals surface area contributed by atoms with Gasteiger partial charge in [0.1, 0.15) is 36.5 Å². The number of hydrogen-bond donors (Lipinski definition) is 2. The Morgan fingerprint density at radius 1 is 1.12 bits per heavy atom. The molecule has 13 heteroatoms. The van der Waals surface area contributed by atoms with Crippen molar-refractivity contribution in [1.29, 1.82) is 0 Å². The Bertz CT molecular complexity index is 1360. The summed E-state index contributed by atoms with van der Waals surface area (Å²) >= 11 is 13.3. The zero-order chi connectivity index (χ0) is 28.8. The number of nitrogens with one attached hydrogen (secondary N) is 2. The van der Waals surface area contributed by atoms with Gasteiger partial charge in [0.05, 0.1) is 55.3 Å². The minimum absolute atomic E-state index is 0.0877. The zero-order valence-electron chi connectivity index (χ0n) is 22.0. The first-order chi connectivity index (χ1) is 19.3. The van der Waals surface area contributed by atoms with Crippen LogP contribution in [0.1, 0.15) is 0 Å². The summed E-state index contributed by atoms with van der Waals surface area (Å²) in [6, 6.07) is 4.47. The highest BCUT2D eigenvalue weighted by Gasteiger charge is 2.30. The van der Waals surface area contributed by atoms with Crippen LogP contribution in [0.3, 0.4) is 0 Å². The van der Waals surface area contributed by atoms with E-state index in [1.807, 2.05) is 0 Å². The van der Waals surface area contributed by atoms with Crippen molar-refractivity contribution in [2.75, 3.05) is 64.1 Å². The van der Waals surface area contributed by atoms with Crippen LogP contribution >= 0.6 is 23.2 Å². The molecule has 2 atom stereocenters. The Kier molecular flexibility index (Phi) is 9.83. The Hall–Kier alpha value is -3.41. The number of benzene rings is 1. The first-order valence-electron chi connectivity index (χ1n) is 12.4. The summed E-state index contributed by atoms with van der Waals surface area (Å²) in [7, 11) is 2.92. The van der Waals surface area contributed by atoms with Gasteiger partial charge < -0.3 is 29.7 Å². The van der Waals surface area contributed by atoms with Crippen LogP contribution in [0.5, 0.6) is 11.5 Å². The van der Waals surface area contributed by atoms with Gasteiger partial charge in [-0.25, -0.2) is 18.7 Å². The molecule has 0 aliphatic carbocycles. The summed E-state index contributed by atoms with van der Waals surface area (Å²) in [5, 5.41) is 7.74. The number of nitrogens with zero attached hydrogens (tertiary/aromatic N) is 3. The average Bonchev–Trinajstić information content (AvgIpc) is 3.38. The fraction of sp³-hybridized carbons (Fsp3) is 0.370. The van der Waals surface area contributed by atoms with Gasteiger partial charge in [0, 0.05) is 41.7 Å². The summed E-state index contributed by atoms with van der Waals surface area (Å²) in [5.74, 6) is 1.12. The number of rotatable bonds is 12. The maximum Gasteiger partial charge on any atom is 0.243 e. The standard InChI is InChI=1S/C27H29Cl2F2N5O4/c1-4-23(37)34-19-14-40-13-18(19)33-22-10-16-15(12-32-22)9-17(35-27(16)36(7-5-30)8-6-31)24-25(28)20(38-2)11-21(39-3)26(24)29/h4,9-12,18-19H,1,5-8,13-14H2,2-3H3,(H,32,33)(H,34,37)/t18-,19+/m1/s1. The van der Waals surface area contributed by atoms with Crippen molar-refractivity contribution in [1.82, 2.24) is 15.3 Å². The van der Waals surface area contributed by atoms with Gasteiger partial charge >= 0.3 is 0 Å². The van der Waals surface area contributed by atoms with Crippen molar-refractivity contribution in [3.8, 4) is 22.8 Å². The topological polar surface area (TPSA) is 97.8 Å². The molecule has 2 N–H and O–H groups in total. The normalized spacial score (nSPS) is 16.6. The monoisotopic (exact) mass is 595 g/mol. The molecular weight excluding hydrogens is 567 g/mol. The van der Waals surface area contributed by atoms with E-state index in [9.17, 15) is 13.6 Å². The number of hydrogen-bond acceptors (Lipinski definition) is 8. The number of alkyl halides is 2.